The molecule has 0 aromatic carbocycles. The zero-order valence-corrected chi connectivity index (χ0v) is 9.68. The van der Waals surface area contributed by atoms with Gasteiger partial charge in [-0.05, 0) is 18.0 Å². The van der Waals surface area contributed by atoms with Gasteiger partial charge in [0.1, 0.15) is 5.82 Å². The van der Waals surface area contributed by atoms with E-state index in [9.17, 15) is 0 Å². The molecule has 2 aromatic rings. The maximum atomic E-state index is 5.94. The Kier molecular flexibility index (Phi) is 3.51. The van der Waals surface area contributed by atoms with E-state index in [0.717, 1.165) is 18.7 Å². The van der Waals surface area contributed by atoms with Crippen LogP contribution in [0.4, 0.5) is 0 Å². The molecular weight excluding hydrogens is 230 g/mol. The Morgan fingerprint density at radius 3 is 2.94 bits per heavy atom. The second kappa shape index (κ2) is 5.07. The van der Waals surface area contributed by atoms with Gasteiger partial charge in [0.2, 0.25) is 11.2 Å². The Hall–Kier alpha value is -1.43. The van der Waals surface area contributed by atoms with Crippen molar-refractivity contribution in [2.24, 2.45) is 0 Å². The lowest BCUT2D eigenvalue weighted by atomic mass is 10.3. The molecule has 0 aliphatic carbocycles. The lowest BCUT2D eigenvalue weighted by Crippen LogP contribution is -2.06. The van der Waals surface area contributed by atoms with Gasteiger partial charge in [-0.25, -0.2) is 0 Å². The van der Waals surface area contributed by atoms with Gasteiger partial charge in [-0.3, -0.25) is 0 Å². The molecule has 0 saturated carbocycles. The molecule has 2 heterocycles. The third-order valence-electron chi connectivity index (χ3n) is 2.21. The van der Waals surface area contributed by atoms with E-state index in [2.05, 4.69) is 27.3 Å². The monoisotopic (exact) mass is 241 g/mol. The van der Waals surface area contributed by atoms with Crippen LogP contribution in [0.2, 0.25) is 5.28 Å². The van der Waals surface area contributed by atoms with Crippen LogP contribution in [0.5, 0.6) is 0 Å². The van der Waals surface area contributed by atoms with Crippen molar-refractivity contribution >= 4 is 11.6 Å². The average Bonchev–Trinajstić information content (AvgIpc) is 2.88. The Labute approximate surface area is 97.6 Å². The highest BCUT2D eigenvalue weighted by molar-refractivity contribution is 6.28. The van der Waals surface area contributed by atoms with E-state index in [1.54, 1.807) is 0 Å². The second-order valence-electron chi connectivity index (χ2n) is 3.37. The summed E-state index contributed by atoms with van der Waals surface area (Å²) in [5, 5.41) is 11.8. The van der Waals surface area contributed by atoms with Gasteiger partial charge in [-0.1, -0.05) is 12.1 Å². The molecule has 2 aromatic heterocycles. The quantitative estimate of drug-likeness (QED) is 0.794. The summed E-state index contributed by atoms with van der Waals surface area (Å²) in [5.41, 5.74) is 0. The van der Waals surface area contributed by atoms with Crippen molar-refractivity contribution in [3.63, 3.8) is 0 Å². The van der Waals surface area contributed by atoms with E-state index < -0.39 is 0 Å². The van der Waals surface area contributed by atoms with Crippen molar-refractivity contribution in [2.45, 2.75) is 32.7 Å². The number of rotatable bonds is 5. The van der Waals surface area contributed by atoms with Crippen molar-refractivity contribution < 1.29 is 4.52 Å². The topological polar surface area (TPSA) is 69.6 Å². The lowest BCUT2D eigenvalue weighted by Gasteiger charge is -2.04. The van der Waals surface area contributed by atoms with Gasteiger partial charge in [0.25, 0.3) is 0 Å². The molecule has 86 valence electrons. The van der Waals surface area contributed by atoms with Gasteiger partial charge in [0, 0.05) is 19.4 Å². The van der Waals surface area contributed by atoms with Crippen LogP contribution in [0.15, 0.2) is 10.9 Å². The Morgan fingerprint density at radius 1 is 1.38 bits per heavy atom. The van der Waals surface area contributed by atoms with Crippen molar-refractivity contribution in [1.82, 2.24) is 24.9 Å². The molecule has 16 heavy (non-hydrogen) atoms. The summed E-state index contributed by atoms with van der Waals surface area (Å²) in [5.74, 6) is 1.49. The third-order valence-corrected chi connectivity index (χ3v) is 2.49. The first kappa shape index (κ1) is 11.1. The lowest BCUT2D eigenvalue weighted by molar-refractivity contribution is 0.370. The molecule has 0 unspecified atom stereocenters. The molecule has 0 aliphatic rings. The molecule has 0 radical (unpaired) electrons. The first-order chi connectivity index (χ1) is 7.81. The van der Waals surface area contributed by atoms with E-state index in [0.29, 0.717) is 24.1 Å². The summed E-state index contributed by atoms with van der Waals surface area (Å²) in [7, 11) is 0. The normalized spacial score (nSPS) is 10.9. The van der Waals surface area contributed by atoms with Crippen LogP contribution >= 0.6 is 11.6 Å². The molecule has 7 heteroatoms. The van der Waals surface area contributed by atoms with Crippen LogP contribution in [0.25, 0.3) is 0 Å². The zero-order chi connectivity index (χ0) is 11.4. The van der Waals surface area contributed by atoms with E-state index in [1.807, 2.05) is 4.57 Å². The van der Waals surface area contributed by atoms with Gasteiger partial charge in [0.05, 0.1) is 0 Å². The Morgan fingerprint density at radius 2 is 2.25 bits per heavy atom. The molecule has 0 amide bonds. The SMILES string of the molecule is CCCc1nnc(Cl)n1CCc1ncno1. The number of hydrogen-bond donors (Lipinski definition) is 0. The predicted octanol–water partition coefficient (Wildman–Crippen LogP) is 1.51. The van der Waals surface area contributed by atoms with E-state index in [-0.39, 0.29) is 0 Å². The van der Waals surface area contributed by atoms with Crippen LogP contribution in [0.3, 0.4) is 0 Å². The molecular formula is C9H12ClN5O. The second-order valence-corrected chi connectivity index (χ2v) is 3.71. The first-order valence-corrected chi connectivity index (χ1v) is 5.52. The molecule has 0 N–H and O–H groups in total. The predicted molar refractivity (Wildman–Crippen MR) is 57.0 cm³/mol. The van der Waals surface area contributed by atoms with Crippen LogP contribution in [0, 0.1) is 0 Å². The van der Waals surface area contributed by atoms with Crippen LogP contribution in [-0.2, 0) is 19.4 Å². The minimum atomic E-state index is 0.406. The molecule has 0 fully saturated rings. The molecule has 0 atom stereocenters. The van der Waals surface area contributed by atoms with Crippen LogP contribution in [-0.4, -0.2) is 24.9 Å². The largest absolute Gasteiger partial charge is 0.340 e. The van der Waals surface area contributed by atoms with Crippen molar-refractivity contribution in [3.05, 3.63) is 23.3 Å². The summed E-state index contributed by atoms with van der Waals surface area (Å²) < 4.78 is 6.78. The highest BCUT2D eigenvalue weighted by atomic mass is 35.5. The Bertz CT molecular complexity index is 439. The highest BCUT2D eigenvalue weighted by Crippen LogP contribution is 2.11. The minimum Gasteiger partial charge on any atom is -0.340 e. The molecule has 0 saturated heterocycles. The summed E-state index contributed by atoms with van der Waals surface area (Å²) in [6, 6.07) is 0. The Balaban J connectivity index is 2.05. The number of halogens is 1. The van der Waals surface area contributed by atoms with Gasteiger partial charge in [-0.2, -0.15) is 4.98 Å². The van der Waals surface area contributed by atoms with Gasteiger partial charge >= 0.3 is 0 Å². The van der Waals surface area contributed by atoms with Crippen LogP contribution < -0.4 is 0 Å². The number of hydrogen-bond acceptors (Lipinski definition) is 5. The summed E-state index contributed by atoms with van der Waals surface area (Å²) >= 11 is 5.94. The summed E-state index contributed by atoms with van der Waals surface area (Å²) in [6.07, 6.45) is 3.89. The van der Waals surface area contributed by atoms with Crippen LogP contribution in [0.1, 0.15) is 25.1 Å². The fraction of sp³-hybridized carbons (Fsp3) is 0.556. The smallest absolute Gasteiger partial charge is 0.228 e. The molecule has 2 rings (SSSR count). The third kappa shape index (κ3) is 2.38. The number of aryl methyl sites for hydroxylation is 2. The van der Waals surface area contributed by atoms with E-state index in [4.69, 9.17) is 16.1 Å². The fourth-order valence-corrected chi connectivity index (χ4v) is 1.68. The van der Waals surface area contributed by atoms with E-state index >= 15 is 0 Å². The van der Waals surface area contributed by atoms with Gasteiger partial charge in [-0.15, -0.1) is 10.2 Å². The highest BCUT2D eigenvalue weighted by Gasteiger charge is 2.10. The molecule has 0 spiro atoms. The fourth-order valence-electron chi connectivity index (χ4n) is 1.46. The van der Waals surface area contributed by atoms with Gasteiger partial charge < -0.3 is 9.09 Å². The van der Waals surface area contributed by atoms with Crippen molar-refractivity contribution in [1.29, 1.82) is 0 Å². The van der Waals surface area contributed by atoms with Crippen molar-refractivity contribution in [3.8, 4) is 0 Å². The minimum absolute atomic E-state index is 0.406. The number of nitrogens with zero attached hydrogens (tertiary/aromatic N) is 5. The molecule has 0 bridgehead atoms. The molecule has 0 aliphatic heterocycles. The van der Waals surface area contributed by atoms with E-state index in [1.165, 1.54) is 6.33 Å². The maximum Gasteiger partial charge on any atom is 0.228 e. The summed E-state index contributed by atoms with van der Waals surface area (Å²) in [4.78, 5) is 3.95. The van der Waals surface area contributed by atoms with Gasteiger partial charge in [0.15, 0.2) is 6.33 Å². The first-order valence-electron chi connectivity index (χ1n) is 5.14. The maximum absolute atomic E-state index is 5.94. The van der Waals surface area contributed by atoms with Crippen molar-refractivity contribution in [2.75, 3.05) is 0 Å². The average molecular weight is 242 g/mol. The standard InChI is InChI=1S/C9H12ClN5O/c1-2-3-7-13-14-9(10)15(7)5-4-8-11-6-12-16-8/h6H,2-5H2,1H3. The number of aromatic nitrogens is 5. The zero-order valence-electron chi connectivity index (χ0n) is 8.93. The summed E-state index contributed by atoms with van der Waals surface area (Å²) in [6.45, 7) is 2.74. The molecule has 6 nitrogen and oxygen atoms in total.